The molecule has 6 nitrogen and oxygen atoms in total. The van der Waals surface area contributed by atoms with Crippen LogP contribution in [-0.4, -0.2) is 57.2 Å². The maximum atomic E-state index is 12.6. The van der Waals surface area contributed by atoms with Gasteiger partial charge in [-0.25, -0.2) is 8.42 Å². The van der Waals surface area contributed by atoms with E-state index >= 15 is 0 Å². The van der Waals surface area contributed by atoms with Gasteiger partial charge in [0, 0.05) is 12.4 Å². The molecule has 26 heavy (non-hydrogen) atoms. The van der Waals surface area contributed by atoms with E-state index in [1.165, 1.54) is 38.5 Å². The zero-order valence-corrected chi connectivity index (χ0v) is 18.0. The second-order valence-electron chi connectivity index (χ2n) is 8.27. The Morgan fingerprint density at radius 3 is 1.73 bits per heavy atom. The lowest BCUT2D eigenvalue weighted by Gasteiger charge is -2.36. The van der Waals surface area contributed by atoms with Gasteiger partial charge in [-0.3, -0.25) is 5.73 Å². The minimum atomic E-state index is -3.57. The SMILES string of the molecule is CCCCCCCCCCCCS(=O)(=O)C(CC(=O)[O-])C(N)[N+](C)(C)C. The van der Waals surface area contributed by atoms with E-state index in [1.807, 2.05) is 0 Å². The van der Waals surface area contributed by atoms with E-state index in [4.69, 9.17) is 5.73 Å². The molecule has 0 spiro atoms. The Morgan fingerprint density at radius 1 is 0.923 bits per heavy atom. The Bertz CT molecular complexity index is 486. The summed E-state index contributed by atoms with van der Waals surface area (Å²) >= 11 is 0. The second-order valence-corrected chi connectivity index (χ2v) is 10.6. The summed E-state index contributed by atoms with van der Waals surface area (Å²) < 4.78 is 25.4. The molecule has 0 aromatic carbocycles. The van der Waals surface area contributed by atoms with Gasteiger partial charge in [0.25, 0.3) is 0 Å². The lowest BCUT2D eigenvalue weighted by Crippen LogP contribution is -2.60. The van der Waals surface area contributed by atoms with Crippen LogP contribution in [0.25, 0.3) is 0 Å². The standard InChI is InChI=1S/C19H40N2O4S/c1-5-6-7-8-9-10-11-12-13-14-15-26(24,25)17(16-18(22)23)19(20)21(2,3)4/h17,19H,5-16,20H2,1-4H3. The number of rotatable bonds is 16. The molecule has 0 saturated heterocycles. The van der Waals surface area contributed by atoms with Gasteiger partial charge in [0.05, 0.1) is 26.9 Å². The van der Waals surface area contributed by atoms with Crippen LogP contribution in [0.4, 0.5) is 0 Å². The number of hydrogen-bond donors (Lipinski definition) is 1. The molecule has 7 heteroatoms. The van der Waals surface area contributed by atoms with Crippen molar-refractivity contribution in [2.24, 2.45) is 5.73 Å². The number of carboxylic acids is 1. The third-order valence-corrected chi connectivity index (χ3v) is 7.11. The number of aliphatic carboxylic acids is 1. The average molecular weight is 393 g/mol. The molecule has 0 fully saturated rings. The molecule has 0 aromatic rings. The van der Waals surface area contributed by atoms with E-state index < -0.39 is 33.6 Å². The number of carbonyl (C=O) groups excluding carboxylic acids is 1. The van der Waals surface area contributed by atoms with Gasteiger partial charge in [-0.2, -0.15) is 0 Å². The summed E-state index contributed by atoms with van der Waals surface area (Å²) in [6, 6.07) is 0. The zero-order valence-electron chi connectivity index (χ0n) is 17.2. The van der Waals surface area contributed by atoms with Crippen LogP contribution < -0.4 is 10.8 Å². The van der Waals surface area contributed by atoms with E-state index in [1.54, 1.807) is 21.1 Å². The van der Waals surface area contributed by atoms with Gasteiger partial charge in [0.1, 0.15) is 5.25 Å². The van der Waals surface area contributed by atoms with Crippen LogP contribution in [0, 0.1) is 0 Å². The molecule has 0 rings (SSSR count). The van der Waals surface area contributed by atoms with Gasteiger partial charge in [-0.15, -0.1) is 0 Å². The molecule has 0 aromatic heterocycles. The number of unbranched alkanes of at least 4 members (excludes halogenated alkanes) is 9. The van der Waals surface area contributed by atoms with Gasteiger partial charge >= 0.3 is 0 Å². The van der Waals surface area contributed by atoms with Gasteiger partial charge in [-0.1, -0.05) is 64.7 Å². The predicted molar refractivity (Wildman–Crippen MR) is 105 cm³/mol. The van der Waals surface area contributed by atoms with Gasteiger partial charge in [-0.05, 0) is 6.42 Å². The van der Waals surface area contributed by atoms with Crippen molar-refractivity contribution in [3.8, 4) is 0 Å². The Balaban J connectivity index is 4.28. The molecule has 0 radical (unpaired) electrons. The van der Waals surface area contributed by atoms with Crippen LogP contribution >= 0.6 is 0 Å². The van der Waals surface area contributed by atoms with Crippen molar-refractivity contribution >= 4 is 15.8 Å². The first-order chi connectivity index (χ1) is 12.0. The van der Waals surface area contributed by atoms with Crippen LogP contribution in [0.15, 0.2) is 0 Å². The normalized spacial score (nSPS) is 15.0. The number of sulfone groups is 1. The van der Waals surface area contributed by atoms with Gasteiger partial charge in [0.15, 0.2) is 16.0 Å². The fourth-order valence-electron chi connectivity index (χ4n) is 3.07. The molecule has 0 saturated carbocycles. The van der Waals surface area contributed by atoms with Crippen molar-refractivity contribution in [3.05, 3.63) is 0 Å². The van der Waals surface area contributed by atoms with Crippen molar-refractivity contribution in [3.63, 3.8) is 0 Å². The Hall–Kier alpha value is -0.660. The fraction of sp³-hybridized carbons (Fsp3) is 0.947. The first kappa shape index (κ1) is 25.3. The molecule has 0 amide bonds. The maximum absolute atomic E-state index is 12.6. The molecule has 2 atom stereocenters. The minimum absolute atomic E-state index is 0.00481. The van der Waals surface area contributed by atoms with Crippen molar-refractivity contribution < 1.29 is 22.8 Å². The molecular weight excluding hydrogens is 352 g/mol. The van der Waals surface area contributed by atoms with E-state index in [2.05, 4.69) is 6.92 Å². The smallest absolute Gasteiger partial charge is 0.160 e. The first-order valence-electron chi connectivity index (χ1n) is 10.0. The van der Waals surface area contributed by atoms with Crippen LogP contribution in [0.3, 0.4) is 0 Å². The maximum Gasteiger partial charge on any atom is 0.160 e. The molecule has 2 N–H and O–H groups in total. The summed E-state index contributed by atoms with van der Waals surface area (Å²) in [5.74, 6) is -1.37. The largest absolute Gasteiger partial charge is 0.550 e. The summed E-state index contributed by atoms with van der Waals surface area (Å²) in [5.41, 5.74) is 6.05. The Kier molecular flexibility index (Phi) is 12.4. The van der Waals surface area contributed by atoms with Crippen molar-refractivity contribution in [1.82, 2.24) is 0 Å². The van der Waals surface area contributed by atoms with E-state index in [0.29, 0.717) is 6.42 Å². The Labute approximate surface area is 160 Å². The minimum Gasteiger partial charge on any atom is -0.550 e. The summed E-state index contributed by atoms with van der Waals surface area (Å²) in [6.07, 6.45) is 9.85. The van der Waals surface area contributed by atoms with E-state index in [-0.39, 0.29) is 10.2 Å². The molecule has 156 valence electrons. The highest BCUT2D eigenvalue weighted by Gasteiger charge is 2.38. The van der Waals surface area contributed by atoms with Gasteiger partial charge in [0.2, 0.25) is 0 Å². The van der Waals surface area contributed by atoms with Crippen molar-refractivity contribution in [1.29, 1.82) is 0 Å². The van der Waals surface area contributed by atoms with E-state index in [0.717, 1.165) is 19.3 Å². The fourth-order valence-corrected chi connectivity index (χ4v) is 5.15. The van der Waals surface area contributed by atoms with Crippen LogP contribution in [0.5, 0.6) is 0 Å². The van der Waals surface area contributed by atoms with E-state index in [9.17, 15) is 18.3 Å². The molecular formula is C19H40N2O4S. The van der Waals surface area contributed by atoms with Crippen molar-refractivity contribution in [2.45, 2.75) is 89.0 Å². The van der Waals surface area contributed by atoms with Crippen LogP contribution in [0.1, 0.15) is 77.6 Å². The molecule has 0 aliphatic heterocycles. The number of nitrogens with two attached hydrogens (primary N) is 1. The van der Waals surface area contributed by atoms with Crippen LogP contribution in [-0.2, 0) is 14.6 Å². The highest BCUT2D eigenvalue weighted by atomic mass is 32.2. The number of hydrogen-bond acceptors (Lipinski definition) is 5. The topological polar surface area (TPSA) is 100 Å². The lowest BCUT2D eigenvalue weighted by molar-refractivity contribution is -0.895. The molecule has 2 unspecified atom stereocenters. The zero-order chi connectivity index (χ0) is 20.2. The number of carboxylic acid groups (broad SMARTS) is 1. The summed E-state index contributed by atoms with van der Waals surface area (Å²) in [5, 5.41) is 9.89. The summed E-state index contributed by atoms with van der Waals surface area (Å²) in [4.78, 5) is 11.0. The Morgan fingerprint density at radius 2 is 1.35 bits per heavy atom. The third kappa shape index (κ3) is 11.1. The average Bonchev–Trinajstić information content (AvgIpc) is 2.52. The number of nitrogens with zero attached hydrogens (tertiary/aromatic N) is 1. The number of quaternary nitrogens is 1. The van der Waals surface area contributed by atoms with Crippen molar-refractivity contribution in [2.75, 3.05) is 26.9 Å². The highest BCUT2D eigenvalue weighted by Crippen LogP contribution is 2.18. The third-order valence-electron chi connectivity index (χ3n) is 4.89. The lowest BCUT2D eigenvalue weighted by atomic mass is 10.1. The first-order valence-corrected chi connectivity index (χ1v) is 11.7. The second kappa shape index (κ2) is 12.7. The van der Waals surface area contributed by atoms with Gasteiger partial charge < -0.3 is 14.4 Å². The molecule has 0 bridgehead atoms. The van der Waals surface area contributed by atoms with Crippen LogP contribution in [0.2, 0.25) is 0 Å². The monoisotopic (exact) mass is 392 g/mol. The highest BCUT2D eigenvalue weighted by molar-refractivity contribution is 7.92. The summed E-state index contributed by atoms with van der Waals surface area (Å²) in [6.45, 7) is 2.21. The molecule has 0 aliphatic carbocycles. The quantitative estimate of drug-likeness (QED) is 0.245. The summed E-state index contributed by atoms with van der Waals surface area (Å²) in [7, 11) is 1.73. The predicted octanol–water partition coefficient (Wildman–Crippen LogP) is 1.82. The molecule has 0 heterocycles. The number of carbonyl (C=O) groups is 1. The molecule has 0 aliphatic rings.